The predicted octanol–water partition coefficient (Wildman–Crippen LogP) is 4.74. The van der Waals surface area contributed by atoms with Gasteiger partial charge in [0.25, 0.3) is 0 Å². The summed E-state index contributed by atoms with van der Waals surface area (Å²) in [5.41, 5.74) is 11.2. The molecule has 0 spiro atoms. The number of carbonyl (C=O) groups is 6. The molecule has 16 nitrogen and oxygen atoms in total. The number of nitrogens with one attached hydrogen (secondary N) is 8. The number of hydrogen-bond acceptors (Lipinski definition) is 7. The highest BCUT2D eigenvalue weighted by molar-refractivity contribution is 5.97. The molecule has 3 heterocycles. The summed E-state index contributed by atoms with van der Waals surface area (Å²) in [6.45, 7) is 11.0. The van der Waals surface area contributed by atoms with Gasteiger partial charge in [-0.15, -0.1) is 0 Å². The third-order valence-corrected chi connectivity index (χ3v) is 12.3. The Hall–Kier alpha value is -6.94. The van der Waals surface area contributed by atoms with E-state index in [1.165, 1.54) is 0 Å². The van der Waals surface area contributed by atoms with Crippen molar-refractivity contribution in [3.63, 3.8) is 0 Å². The van der Waals surface area contributed by atoms with E-state index in [1.54, 1.807) is 33.2 Å². The largest absolute Gasteiger partial charge is 0.480 e. The zero-order valence-corrected chi connectivity index (χ0v) is 38.4. The molecule has 11 N–H and O–H groups in total. The number of benzene rings is 3. The molecule has 0 saturated carbocycles. The molecule has 3 aromatic heterocycles. The molecule has 0 aliphatic carbocycles. The third kappa shape index (κ3) is 11.8. The number of carboxylic acids is 1. The third-order valence-electron chi connectivity index (χ3n) is 12.3. The summed E-state index contributed by atoms with van der Waals surface area (Å²) in [6.07, 6.45) is 6.24. The average molecular weight is 902 g/mol. The zero-order valence-electron chi connectivity index (χ0n) is 38.4. The lowest BCUT2D eigenvalue weighted by Gasteiger charge is -2.30. The van der Waals surface area contributed by atoms with Gasteiger partial charge in [-0.1, -0.05) is 103 Å². The number of amides is 5. The van der Waals surface area contributed by atoms with E-state index in [-0.39, 0.29) is 31.6 Å². The van der Waals surface area contributed by atoms with E-state index < -0.39 is 83.6 Å². The van der Waals surface area contributed by atoms with Crippen molar-refractivity contribution in [1.29, 1.82) is 0 Å². The Kier molecular flexibility index (Phi) is 16.0. The highest BCUT2D eigenvalue weighted by Crippen LogP contribution is 2.23. The molecule has 0 fully saturated rings. The molecule has 66 heavy (non-hydrogen) atoms. The summed E-state index contributed by atoms with van der Waals surface area (Å²) in [7, 11) is 0. The van der Waals surface area contributed by atoms with Gasteiger partial charge in [0.2, 0.25) is 29.5 Å². The maximum atomic E-state index is 14.5. The topological polar surface area (TPSA) is 256 Å². The maximum Gasteiger partial charge on any atom is 0.326 e. The number of fused-ring (bicyclic) bond motifs is 3. The van der Waals surface area contributed by atoms with Crippen LogP contribution in [-0.4, -0.2) is 91.8 Å². The molecule has 5 amide bonds. The van der Waals surface area contributed by atoms with Gasteiger partial charge in [-0.25, -0.2) is 4.79 Å². The molecular formula is C50H63N9O7. The van der Waals surface area contributed by atoms with Gasteiger partial charge in [-0.2, -0.15) is 0 Å². The van der Waals surface area contributed by atoms with E-state index in [1.807, 2.05) is 99.8 Å². The second kappa shape index (κ2) is 21.8. The molecule has 0 aliphatic heterocycles. The number of rotatable bonds is 22. The Morgan fingerprint density at radius 3 is 1.41 bits per heavy atom. The smallest absolute Gasteiger partial charge is 0.326 e. The van der Waals surface area contributed by atoms with Gasteiger partial charge in [0.1, 0.15) is 30.2 Å². The normalized spacial score (nSPS) is 14.9. The van der Waals surface area contributed by atoms with Gasteiger partial charge in [0, 0.05) is 64.1 Å². The summed E-state index contributed by atoms with van der Waals surface area (Å²) in [6, 6.07) is 15.8. The second-order valence-corrected chi connectivity index (χ2v) is 18.1. The predicted molar refractivity (Wildman–Crippen MR) is 255 cm³/mol. The van der Waals surface area contributed by atoms with Crippen molar-refractivity contribution < 1.29 is 33.9 Å². The van der Waals surface area contributed by atoms with Crippen molar-refractivity contribution in [2.24, 2.45) is 23.5 Å². The first-order chi connectivity index (χ1) is 31.5. The fraction of sp³-hybridized carbons (Fsp3) is 0.400. The van der Waals surface area contributed by atoms with Gasteiger partial charge in [-0.3, -0.25) is 24.0 Å². The Morgan fingerprint density at radius 1 is 0.530 bits per heavy atom. The summed E-state index contributed by atoms with van der Waals surface area (Å²) < 4.78 is 0. The van der Waals surface area contributed by atoms with E-state index in [0.29, 0.717) is 17.5 Å². The number of hydrogen-bond donors (Lipinski definition) is 10. The Balaban J connectivity index is 1.19. The van der Waals surface area contributed by atoms with Gasteiger partial charge >= 0.3 is 5.97 Å². The first kappa shape index (κ1) is 48.5. The number of aromatic nitrogens is 3. The maximum absolute atomic E-state index is 14.5. The van der Waals surface area contributed by atoms with Gasteiger partial charge in [0.15, 0.2) is 0 Å². The van der Waals surface area contributed by atoms with Gasteiger partial charge in [0.05, 0.1) is 6.04 Å². The highest BCUT2D eigenvalue weighted by atomic mass is 16.4. The Labute approximate surface area is 384 Å². The Morgan fingerprint density at radius 2 is 0.939 bits per heavy atom. The molecule has 16 heteroatoms. The Bertz CT molecular complexity index is 2660. The number of aliphatic carboxylic acids is 1. The number of nitrogens with two attached hydrogens (primary N) is 1. The quantitative estimate of drug-likeness (QED) is 0.0454. The van der Waals surface area contributed by atoms with Crippen LogP contribution >= 0.6 is 0 Å². The van der Waals surface area contributed by atoms with Crippen molar-refractivity contribution >= 4 is 68.2 Å². The van der Waals surface area contributed by atoms with Crippen LogP contribution in [0.25, 0.3) is 32.7 Å². The van der Waals surface area contributed by atoms with E-state index in [0.717, 1.165) is 38.3 Å². The van der Waals surface area contributed by atoms with Gasteiger partial charge in [-0.05, 0) is 65.5 Å². The van der Waals surface area contributed by atoms with Crippen molar-refractivity contribution in [3.8, 4) is 0 Å². The van der Waals surface area contributed by atoms with Crippen molar-refractivity contribution in [2.45, 2.75) is 110 Å². The van der Waals surface area contributed by atoms with Crippen LogP contribution in [0.15, 0.2) is 91.4 Å². The standard InChI is InChI=1S/C50H63N9O7/c1-7-29(6)44(49(64)57-42(50(65)66)23-32-26-54-39-19-13-10-16-35(32)39)59-47(62)41(22-31-25-53-38-18-12-9-15-34(31)38)56-48(63)43(28(4)5)58-46(61)40(20-27(2)3)55-45(60)36(51)21-30-24-52-37-17-11-8-14-33(30)37/h8-19,24-29,36,40-44,52-54H,7,20-23,51H2,1-6H3,(H,55,60)(H,56,63)(H,57,64)(H,58,61)(H,59,62)(H,65,66)/t29-,36-,40-,41-,42-,43-,44-/m0/s1. The number of carbonyl (C=O) groups excluding carboxylic acids is 5. The summed E-state index contributed by atoms with van der Waals surface area (Å²) in [5.74, 6) is -5.28. The summed E-state index contributed by atoms with van der Waals surface area (Å²) in [4.78, 5) is 92.6. The van der Waals surface area contributed by atoms with E-state index in [2.05, 4.69) is 41.5 Å². The number of carboxylic acid groups (broad SMARTS) is 1. The van der Waals surface area contributed by atoms with Crippen LogP contribution in [0.2, 0.25) is 0 Å². The zero-order chi connectivity index (χ0) is 47.7. The molecule has 6 rings (SSSR count). The SMILES string of the molecule is CC[C@H](C)[C@H](NC(=O)[C@H](Cc1c[nH]c2ccccc12)NC(=O)[C@@H](NC(=O)[C@H](CC(C)C)NC(=O)[C@@H](N)Cc1c[nH]c2ccccc12)C(C)C)C(=O)N[C@@H](Cc1c[nH]c2ccccc12)C(=O)O. The van der Waals surface area contributed by atoms with Crippen LogP contribution in [0, 0.1) is 17.8 Å². The molecule has 3 aromatic carbocycles. The first-order valence-electron chi connectivity index (χ1n) is 22.7. The van der Waals surface area contributed by atoms with Crippen molar-refractivity contribution in [3.05, 3.63) is 108 Å². The average Bonchev–Trinajstić information content (AvgIpc) is 4.03. The van der Waals surface area contributed by atoms with Crippen LogP contribution in [-0.2, 0) is 48.0 Å². The highest BCUT2D eigenvalue weighted by Gasteiger charge is 2.36. The minimum absolute atomic E-state index is 0.00661. The van der Waals surface area contributed by atoms with Crippen molar-refractivity contribution in [2.75, 3.05) is 0 Å². The van der Waals surface area contributed by atoms with Crippen LogP contribution in [0.5, 0.6) is 0 Å². The molecule has 0 unspecified atom stereocenters. The lowest BCUT2D eigenvalue weighted by molar-refractivity contribution is -0.142. The van der Waals surface area contributed by atoms with Crippen LogP contribution < -0.4 is 32.3 Å². The number of para-hydroxylation sites is 3. The molecule has 7 atom stereocenters. The summed E-state index contributed by atoms with van der Waals surface area (Å²) >= 11 is 0. The molecule has 0 radical (unpaired) electrons. The second-order valence-electron chi connectivity index (χ2n) is 18.1. The minimum Gasteiger partial charge on any atom is -0.480 e. The number of aromatic amines is 3. The molecule has 0 bridgehead atoms. The van der Waals surface area contributed by atoms with Crippen LogP contribution in [0.3, 0.4) is 0 Å². The van der Waals surface area contributed by atoms with E-state index in [4.69, 9.17) is 5.73 Å². The summed E-state index contributed by atoms with van der Waals surface area (Å²) in [5, 5.41) is 26.9. The van der Waals surface area contributed by atoms with Crippen molar-refractivity contribution in [1.82, 2.24) is 41.5 Å². The first-order valence-corrected chi connectivity index (χ1v) is 22.7. The molecule has 0 aliphatic rings. The van der Waals surface area contributed by atoms with E-state index >= 15 is 0 Å². The van der Waals surface area contributed by atoms with Crippen LogP contribution in [0.1, 0.15) is 71.1 Å². The number of H-pyrrole nitrogens is 3. The molecular weight excluding hydrogens is 839 g/mol. The molecule has 6 aromatic rings. The monoisotopic (exact) mass is 901 g/mol. The van der Waals surface area contributed by atoms with Gasteiger partial charge < -0.3 is 52.4 Å². The fourth-order valence-corrected chi connectivity index (χ4v) is 8.33. The fourth-order valence-electron chi connectivity index (χ4n) is 8.33. The van der Waals surface area contributed by atoms with E-state index in [9.17, 15) is 33.9 Å². The van der Waals surface area contributed by atoms with Crippen LogP contribution in [0.4, 0.5) is 0 Å². The lowest BCUT2D eigenvalue weighted by Crippen LogP contribution is -2.61. The lowest BCUT2D eigenvalue weighted by atomic mass is 9.95. The minimum atomic E-state index is -1.31. The molecule has 0 saturated heterocycles. The molecule has 350 valence electrons.